The standard InChI is InChI=1S/C16H11ClN4O2S/c17-12-8-6-11(7-9-12)14-19-21-16(24-14)20-18-13(15(22)23)10-4-2-1-3-5-10/h1-9H,(H,20,21)(H,22,23)/b18-13+. The largest absolute Gasteiger partial charge is 0.476 e. The summed E-state index contributed by atoms with van der Waals surface area (Å²) in [5.74, 6) is -1.13. The zero-order valence-electron chi connectivity index (χ0n) is 12.2. The van der Waals surface area contributed by atoms with E-state index in [1.807, 2.05) is 12.1 Å². The normalized spacial score (nSPS) is 11.3. The van der Waals surface area contributed by atoms with Crippen molar-refractivity contribution in [2.45, 2.75) is 0 Å². The minimum Gasteiger partial charge on any atom is -0.476 e. The average Bonchev–Trinajstić information content (AvgIpc) is 3.05. The van der Waals surface area contributed by atoms with Crippen LogP contribution >= 0.6 is 22.9 Å². The molecule has 0 aliphatic heterocycles. The lowest BCUT2D eigenvalue weighted by Crippen LogP contribution is -2.16. The Morgan fingerprint density at radius 2 is 1.79 bits per heavy atom. The predicted molar refractivity (Wildman–Crippen MR) is 94.6 cm³/mol. The third-order valence-electron chi connectivity index (χ3n) is 3.03. The van der Waals surface area contributed by atoms with Crippen LogP contribution in [0.25, 0.3) is 10.6 Å². The minimum atomic E-state index is -1.13. The highest BCUT2D eigenvalue weighted by molar-refractivity contribution is 7.18. The van der Waals surface area contributed by atoms with Gasteiger partial charge in [0.2, 0.25) is 5.13 Å². The SMILES string of the molecule is O=C(O)/C(=N/Nc1nnc(-c2ccc(Cl)cc2)s1)c1ccccc1. The second kappa shape index (κ2) is 7.20. The van der Waals surface area contributed by atoms with E-state index in [1.165, 1.54) is 11.3 Å². The second-order valence-electron chi connectivity index (χ2n) is 4.66. The Morgan fingerprint density at radius 1 is 1.08 bits per heavy atom. The maximum atomic E-state index is 11.4. The number of nitrogens with zero attached hydrogens (tertiary/aromatic N) is 3. The molecule has 8 heteroatoms. The number of carboxylic acid groups (broad SMARTS) is 1. The first-order valence-electron chi connectivity index (χ1n) is 6.85. The van der Waals surface area contributed by atoms with Gasteiger partial charge >= 0.3 is 5.97 Å². The molecule has 0 amide bonds. The van der Waals surface area contributed by atoms with E-state index in [0.717, 1.165) is 5.56 Å². The van der Waals surface area contributed by atoms with Crippen molar-refractivity contribution in [2.75, 3.05) is 5.43 Å². The Morgan fingerprint density at radius 3 is 2.46 bits per heavy atom. The number of hydrogen-bond acceptors (Lipinski definition) is 6. The minimum absolute atomic E-state index is 0.0983. The molecule has 0 bridgehead atoms. The van der Waals surface area contributed by atoms with E-state index in [-0.39, 0.29) is 5.71 Å². The number of benzene rings is 2. The van der Waals surface area contributed by atoms with Crippen molar-refractivity contribution in [1.82, 2.24) is 10.2 Å². The third kappa shape index (κ3) is 3.76. The van der Waals surface area contributed by atoms with Crippen LogP contribution in [0.5, 0.6) is 0 Å². The van der Waals surface area contributed by atoms with Gasteiger partial charge in [0.25, 0.3) is 0 Å². The Labute approximate surface area is 146 Å². The van der Waals surface area contributed by atoms with Crippen molar-refractivity contribution in [2.24, 2.45) is 5.10 Å². The number of aliphatic carboxylic acids is 1. The fourth-order valence-electron chi connectivity index (χ4n) is 1.91. The van der Waals surface area contributed by atoms with E-state index in [2.05, 4.69) is 20.7 Å². The van der Waals surface area contributed by atoms with Gasteiger partial charge in [0, 0.05) is 16.1 Å². The molecule has 6 nitrogen and oxygen atoms in total. The van der Waals surface area contributed by atoms with E-state index in [1.54, 1.807) is 42.5 Å². The van der Waals surface area contributed by atoms with Crippen LogP contribution in [0.2, 0.25) is 5.02 Å². The van der Waals surface area contributed by atoms with Crippen LogP contribution in [0.4, 0.5) is 5.13 Å². The molecule has 0 aliphatic carbocycles. The summed E-state index contributed by atoms with van der Waals surface area (Å²) in [6, 6.07) is 15.9. The molecule has 24 heavy (non-hydrogen) atoms. The monoisotopic (exact) mass is 358 g/mol. The van der Waals surface area contributed by atoms with Gasteiger partial charge in [-0.05, 0) is 12.1 Å². The summed E-state index contributed by atoms with van der Waals surface area (Å²) in [6.07, 6.45) is 0. The topological polar surface area (TPSA) is 87.5 Å². The molecule has 0 radical (unpaired) electrons. The zero-order valence-corrected chi connectivity index (χ0v) is 13.8. The second-order valence-corrected chi connectivity index (χ2v) is 6.08. The fourth-order valence-corrected chi connectivity index (χ4v) is 2.73. The highest BCUT2D eigenvalue weighted by atomic mass is 35.5. The van der Waals surface area contributed by atoms with Gasteiger partial charge in [0.15, 0.2) is 5.71 Å². The van der Waals surface area contributed by atoms with Gasteiger partial charge in [-0.15, -0.1) is 10.2 Å². The lowest BCUT2D eigenvalue weighted by atomic mass is 10.1. The summed E-state index contributed by atoms with van der Waals surface area (Å²) in [5, 5.41) is 23.0. The number of aromatic nitrogens is 2. The molecule has 0 saturated carbocycles. The first kappa shape index (κ1) is 16.1. The molecule has 3 aromatic rings. The van der Waals surface area contributed by atoms with Crippen LogP contribution in [0, 0.1) is 0 Å². The molecule has 2 N–H and O–H groups in total. The van der Waals surface area contributed by atoms with Crippen molar-refractivity contribution < 1.29 is 9.90 Å². The van der Waals surface area contributed by atoms with Crippen molar-refractivity contribution >= 4 is 39.8 Å². The van der Waals surface area contributed by atoms with Gasteiger partial charge in [0.1, 0.15) is 5.01 Å². The smallest absolute Gasteiger partial charge is 0.356 e. The van der Waals surface area contributed by atoms with Gasteiger partial charge in [-0.2, -0.15) is 5.10 Å². The Hall–Kier alpha value is -2.77. The van der Waals surface area contributed by atoms with Crippen LogP contribution in [0.15, 0.2) is 59.7 Å². The number of anilines is 1. The lowest BCUT2D eigenvalue weighted by Gasteiger charge is -2.01. The zero-order chi connectivity index (χ0) is 16.9. The molecule has 120 valence electrons. The first-order chi connectivity index (χ1) is 11.6. The number of halogens is 1. The van der Waals surface area contributed by atoms with Crippen LogP contribution in [0.3, 0.4) is 0 Å². The van der Waals surface area contributed by atoms with E-state index in [4.69, 9.17) is 11.6 Å². The van der Waals surface area contributed by atoms with Gasteiger partial charge in [-0.3, -0.25) is 5.43 Å². The van der Waals surface area contributed by atoms with Gasteiger partial charge in [0.05, 0.1) is 0 Å². The number of hydrogen-bond donors (Lipinski definition) is 2. The molecular formula is C16H11ClN4O2S. The van der Waals surface area contributed by atoms with Crippen LogP contribution in [-0.2, 0) is 4.79 Å². The van der Waals surface area contributed by atoms with Crippen molar-refractivity contribution in [3.05, 3.63) is 65.2 Å². The number of nitrogens with one attached hydrogen (secondary N) is 1. The highest BCUT2D eigenvalue weighted by Gasteiger charge is 2.13. The lowest BCUT2D eigenvalue weighted by molar-refractivity contribution is -0.129. The molecule has 0 unspecified atom stereocenters. The molecule has 0 spiro atoms. The van der Waals surface area contributed by atoms with Crippen molar-refractivity contribution in [3.63, 3.8) is 0 Å². The molecule has 3 rings (SSSR count). The van der Waals surface area contributed by atoms with Crippen LogP contribution in [-0.4, -0.2) is 27.0 Å². The molecule has 0 atom stereocenters. The van der Waals surface area contributed by atoms with Gasteiger partial charge in [-0.25, -0.2) is 4.79 Å². The van der Waals surface area contributed by atoms with E-state index in [9.17, 15) is 9.90 Å². The average molecular weight is 359 g/mol. The quantitative estimate of drug-likeness (QED) is 0.535. The molecular weight excluding hydrogens is 348 g/mol. The summed E-state index contributed by atoms with van der Waals surface area (Å²) in [4.78, 5) is 11.4. The molecule has 0 fully saturated rings. The summed E-state index contributed by atoms with van der Waals surface area (Å²) >= 11 is 7.12. The molecule has 0 aliphatic rings. The van der Waals surface area contributed by atoms with Crippen molar-refractivity contribution in [1.29, 1.82) is 0 Å². The third-order valence-corrected chi connectivity index (χ3v) is 4.16. The van der Waals surface area contributed by atoms with Crippen LogP contribution < -0.4 is 5.43 Å². The number of carboxylic acids is 1. The first-order valence-corrected chi connectivity index (χ1v) is 8.05. The Balaban J connectivity index is 1.81. The highest BCUT2D eigenvalue weighted by Crippen LogP contribution is 2.27. The van der Waals surface area contributed by atoms with Gasteiger partial charge < -0.3 is 5.11 Å². The maximum Gasteiger partial charge on any atom is 0.356 e. The Kier molecular flexibility index (Phi) is 4.83. The van der Waals surface area contributed by atoms with E-state index < -0.39 is 5.97 Å². The predicted octanol–water partition coefficient (Wildman–Crippen LogP) is 3.76. The van der Waals surface area contributed by atoms with E-state index >= 15 is 0 Å². The summed E-state index contributed by atoms with van der Waals surface area (Å²) < 4.78 is 0. The molecule has 1 heterocycles. The van der Waals surface area contributed by atoms with Gasteiger partial charge in [-0.1, -0.05) is 65.4 Å². The summed E-state index contributed by atoms with van der Waals surface area (Å²) in [7, 11) is 0. The summed E-state index contributed by atoms with van der Waals surface area (Å²) in [5.41, 5.74) is 3.92. The Bertz CT molecular complexity index is 879. The number of carbonyl (C=O) groups is 1. The molecule has 2 aromatic carbocycles. The molecule has 0 saturated heterocycles. The molecule has 1 aromatic heterocycles. The fraction of sp³-hybridized carbons (Fsp3) is 0. The van der Waals surface area contributed by atoms with Crippen LogP contribution in [0.1, 0.15) is 5.56 Å². The number of hydrazone groups is 1. The van der Waals surface area contributed by atoms with Crippen molar-refractivity contribution in [3.8, 4) is 10.6 Å². The number of rotatable bonds is 5. The van der Waals surface area contributed by atoms with E-state index in [0.29, 0.717) is 20.7 Å². The maximum absolute atomic E-state index is 11.4. The summed E-state index contributed by atoms with van der Waals surface area (Å²) in [6.45, 7) is 0.